The molecule has 0 spiro atoms. The lowest BCUT2D eigenvalue weighted by atomic mass is 9.92. The molecule has 4 rings (SSSR count). The van der Waals surface area contributed by atoms with Crippen LogP contribution in [-0.4, -0.2) is 45.4 Å². The summed E-state index contributed by atoms with van der Waals surface area (Å²) in [5.74, 6) is 0.153. The van der Waals surface area contributed by atoms with E-state index in [0.29, 0.717) is 45.7 Å². The summed E-state index contributed by atoms with van der Waals surface area (Å²) in [7, 11) is 0. The number of aliphatic imine (C=N–C) groups is 1. The molecule has 0 aromatic carbocycles. The van der Waals surface area contributed by atoms with Crippen LogP contribution in [0.3, 0.4) is 0 Å². The molecule has 5 N–H and O–H groups in total. The van der Waals surface area contributed by atoms with Crippen LogP contribution in [0.2, 0.25) is 0 Å². The molecule has 33 heavy (non-hydrogen) atoms. The van der Waals surface area contributed by atoms with Crippen LogP contribution < -0.4 is 21.3 Å². The van der Waals surface area contributed by atoms with Crippen molar-refractivity contribution >= 4 is 40.7 Å². The molecule has 2 aromatic heterocycles. The number of H-pyrrole nitrogens is 1. The van der Waals surface area contributed by atoms with Gasteiger partial charge in [-0.2, -0.15) is 5.10 Å². The van der Waals surface area contributed by atoms with Gasteiger partial charge in [0.2, 0.25) is 5.91 Å². The SMILES string of the molecule is C[C@@H](NC(=O)C1=C2CCC(=O)NC2=NCN1)c1ncc(C(=O)Nc2cc(C(C)(C)C)[nH]n2)s1. The van der Waals surface area contributed by atoms with Crippen molar-refractivity contribution in [1.29, 1.82) is 0 Å². The first-order valence-electron chi connectivity index (χ1n) is 10.6. The molecule has 1 saturated heterocycles. The van der Waals surface area contributed by atoms with Crippen LogP contribution in [0.4, 0.5) is 5.82 Å². The summed E-state index contributed by atoms with van der Waals surface area (Å²) in [6.45, 7) is 8.16. The molecule has 0 unspecified atom stereocenters. The molecular weight excluding hydrogens is 444 g/mol. The van der Waals surface area contributed by atoms with Crippen molar-refractivity contribution in [2.24, 2.45) is 4.99 Å². The third-order valence-electron chi connectivity index (χ3n) is 5.26. The summed E-state index contributed by atoms with van der Waals surface area (Å²) in [5.41, 5.74) is 1.89. The van der Waals surface area contributed by atoms with E-state index >= 15 is 0 Å². The minimum absolute atomic E-state index is 0.106. The molecule has 1 fully saturated rings. The summed E-state index contributed by atoms with van der Waals surface area (Å²) >= 11 is 1.20. The second-order valence-electron chi connectivity index (χ2n) is 8.87. The number of aromatic amines is 1. The average molecular weight is 471 g/mol. The van der Waals surface area contributed by atoms with Crippen LogP contribution in [0.25, 0.3) is 0 Å². The Kier molecular flexibility index (Phi) is 6.02. The van der Waals surface area contributed by atoms with E-state index in [1.165, 1.54) is 17.5 Å². The standard InChI is InChI=1S/C21H26N8O3S/c1-10(25-19(32)16-11-5-6-15(30)27-17(11)24-9-23-16)20-22-8-12(33-20)18(31)26-14-7-13(28-29-14)21(2,3)4/h7-8,10,23H,5-6,9H2,1-4H3,(H,25,32)(H,24,27,30)(H2,26,28,29,31)/t10-/m1/s1. The van der Waals surface area contributed by atoms with Crippen LogP contribution in [0.1, 0.15) is 67.0 Å². The highest BCUT2D eigenvalue weighted by atomic mass is 32.1. The average Bonchev–Trinajstić information content (AvgIpc) is 3.43. The molecule has 0 bridgehead atoms. The van der Waals surface area contributed by atoms with Gasteiger partial charge in [0.15, 0.2) is 5.82 Å². The monoisotopic (exact) mass is 470 g/mol. The second-order valence-corrected chi connectivity index (χ2v) is 9.93. The Morgan fingerprint density at radius 2 is 2.00 bits per heavy atom. The number of carbonyl (C=O) groups is 3. The van der Waals surface area contributed by atoms with Gasteiger partial charge in [-0.1, -0.05) is 20.8 Å². The summed E-state index contributed by atoms with van der Waals surface area (Å²) in [6.07, 6.45) is 2.23. The maximum atomic E-state index is 12.9. The Hall–Kier alpha value is -3.54. The van der Waals surface area contributed by atoms with Crippen LogP contribution in [-0.2, 0) is 15.0 Å². The van der Waals surface area contributed by atoms with Gasteiger partial charge in [-0.3, -0.25) is 19.5 Å². The topological polar surface area (TPSA) is 153 Å². The van der Waals surface area contributed by atoms with Gasteiger partial charge in [0.25, 0.3) is 11.8 Å². The molecule has 11 nitrogen and oxygen atoms in total. The molecule has 2 aromatic rings. The molecule has 0 saturated carbocycles. The van der Waals surface area contributed by atoms with Crippen molar-refractivity contribution in [2.45, 2.75) is 52.0 Å². The molecule has 2 aliphatic rings. The number of amidine groups is 1. The highest BCUT2D eigenvalue weighted by molar-refractivity contribution is 7.13. The molecule has 0 radical (unpaired) electrons. The van der Waals surface area contributed by atoms with Gasteiger partial charge < -0.3 is 21.3 Å². The summed E-state index contributed by atoms with van der Waals surface area (Å²) in [4.78, 5) is 46.0. The normalized spacial score (nSPS) is 16.8. The number of fused-ring (bicyclic) bond motifs is 1. The third kappa shape index (κ3) is 4.95. The van der Waals surface area contributed by atoms with E-state index in [0.717, 1.165) is 5.69 Å². The van der Waals surface area contributed by atoms with Crippen molar-refractivity contribution in [3.8, 4) is 0 Å². The lowest BCUT2D eigenvalue weighted by molar-refractivity contribution is -0.120. The minimum atomic E-state index is -0.419. The first kappa shape index (κ1) is 22.6. The number of piperidine rings is 1. The summed E-state index contributed by atoms with van der Waals surface area (Å²) in [6, 6.07) is 1.39. The molecule has 174 valence electrons. The number of amides is 3. The number of rotatable bonds is 5. The zero-order valence-electron chi connectivity index (χ0n) is 18.8. The van der Waals surface area contributed by atoms with Crippen LogP contribution in [0.15, 0.2) is 28.5 Å². The zero-order valence-corrected chi connectivity index (χ0v) is 19.6. The maximum Gasteiger partial charge on any atom is 0.268 e. The van der Waals surface area contributed by atoms with Crippen LogP contribution >= 0.6 is 11.3 Å². The van der Waals surface area contributed by atoms with E-state index in [9.17, 15) is 14.4 Å². The Bertz CT molecular complexity index is 1170. The smallest absolute Gasteiger partial charge is 0.268 e. The Labute approximate surface area is 194 Å². The lowest BCUT2D eigenvalue weighted by Crippen LogP contribution is -2.44. The number of carbonyl (C=O) groups excluding carboxylic acids is 3. The molecule has 1 atom stereocenters. The molecule has 4 heterocycles. The number of anilines is 1. The zero-order chi connectivity index (χ0) is 23.8. The van der Waals surface area contributed by atoms with Gasteiger partial charge in [0.05, 0.1) is 12.2 Å². The Morgan fingerprint density at radius 1 is 1.21 bits per heavy atom. The van der Waals surface area contributed by atoms with Gasteiger partial charge in [-0.05, 0) is 13.3 Å². The van der Waals surface area contributed by atoms with Crippen molar-refractivity contribution in [2.75, 3.05) is 12.0 Å². The number of aromatic nitrogens is 3. The largest absolute Gasteiger partial charge is 0.361 e. The number of thiazole rings is 1. The van der Waals surface area contributed by atoms with E-state index < -0.39 is 6.04 Å². The highest BCUT2D eigenvalue weighted by Gasteiger charge is 2.29. The Morgan fingerprint density at radius 3 is 2.73 bits per heavy atom. The predicted octanol–water partition coefficient (Wildman–Crippen LogP) is 1.72. The number of nitrogens with zero attached hydrogens (tertiary/aromatic N) is 3. The van der Waals surface area contributed by atoms with Crippen LogP contribution in [0.5, 0.6) is 0 Å². The fraction of sp³-hybridized carbons (Fsp3) is 0.429. The number of hydrogen-bond acceptors (Lipinski definition) is 8. The minimum Gasteiger partial charge on any atom is -0.361 e. The summed E-state index contributed by atoms with van der Waals surface area (Å²) in [5, 5.41) is 19.0. The number of hydrogen-bond donors (Lipinski definition) is 5. The predicted molar refractivity (Wildman–Crippen MR) is 124 cm³/mol. The summed E-state index contributed by atoms with van der Waals surface area (Å²) < 4.78 is 0. The number of nitrogens with one attached hydrogen (secondary N) is 5. The molecule has 12 heteroatoms. The van der Waals surface area contributed by atoms with E-state index in [1.54, 1.807) is 13.0 Å². The van der Waals surface area contributed by atoms with Gasteiger partial charge in [0, 0.05) is 29.2 Å². The van der Waals surface area contributed by atoms with Crippen molar-refractivity contribution in [3.63, 3.8) is 0 Å². The van der Waals surface area contributed by atoms with E-state index in [1.807, 2.05) is 0 Å². The molecular formula is C21H26N8O3S. The van der Waals surface area contributed by atoms with Gasteiger partial charge >= 0.3 is 0 Å². The fourth-order valence-electron chi connectivity index (χ4n) is 3.40. The van der Waals surface area contributed by atoms with Gasteiger partial charge in [-0.25, -0.2) is 9.98 Å². The second kappa shape index (κ2) is 8.77. The van der Waals surface area contributed by atoms with Crippen molar-refractivity contribution < 1.29 is 14.4 Å². The van der Waals surface area contributed by atoms with Crippen LogP contribution in [0, 0.1) is 0 Å². The molecule has 3 amide bonds. The fourth-order valence-corrected chi connectivity index (χ4v) is 4.21. The first-order valence-corrected chi connectivity index (χ1v) is 11.4. The lowest BCUT2D eigenvalue weighted by Gasteiger charge is -2.26. The van der Waals surface area contributed by atoms with E-state index in [4.69, 9.17) is 0 Å². The quantitative estimate of drug-likeness (QED) is 0.448. The van der Waals surface area contributed by atoms with Gasteiger partial charge in [0.1, 0.15) is 28.1 Å². The molecule has 0 aliphatic carbocycles. The Balaban J connectivity index is 1.40. The van der Waals surface area contributed by atoms with Crippen molar-refractivity contribution in [3.05, 3.63) is 39.1 Å². The third-order valence-corrected chi connectivity index (χ3v) is 6.44. The van der Waals surface area contributed by atoms with Crippen molar-refractivity contribution in [1.82, 2.24) is 31.1 Å². The first-order chi connectivity index (χ1) is 15.6. The van der Waals surface area contributed by atoms with Gasteiger partial charge in [-0.15, -0.1) is 11.3 Å². The highest BCUT2D eigenvalue weighted by Crippen LogP contribution is 2.25. The maximum absolute atomic E-state index is 12.9. The molecule has 2 aliphatic heterocycles. The van der Waals surface area contributed by atoms with E-state index in [-0.39, 0.29) is 29.8 Å². The van der Waals surface area contributed by atoms with E-state index in [2.05, 4.69) is 62.2 Å².